The number of aromatic nitrogens is 1. The summed E-state index contributed by atoms with van der Waals surface area (Å²) in [6.45, 7) is 0. The van der Waals surface area contributed by atoms with Crippen LogP contribution in [-0.4, -0.2) is 21.8 Å². The number of H-pyrrole nitrogens is 1. The van der Waals surface area contributed by atoms with Crippen LogP contribution in [0.2, 0.25) is 5.02 Å². The number of hydrogen-bond acceptors (Lipinski definition) is 2. The Kier molecular flexibility index (Phi) is 2.21. The number of carbonyl (C=O) groups is 2. The fraction of sp³-hybridized carbons (Fsp3) is 0. The first-order valence-corrected chi connectivity index (χ1v) is 4.51. The summed E-state index contributed by atoms with van der Waals surface area (Å²) in [6.07, 6.45) is 0. The number of carboxylic acid groups (broad SMARTS) is 1. The molecule has 0 amide bonds. The molecule has 15 heavy (non-hydrogen) atoms. The van der Waals surface area contributed by atoms with E-state index in [9.17, 15) is 9.59 Å². The van der Waals surface area contributed by atoms with Crippen molar-refractivity contribution in [3.05, 3.63) is 35.0 Å². The molecule has 1 heterocycles. The number of rotatable bonds is 2. The second kappa shape index (κ2) is 3.40. The highest BCUT2D eigenvalue weighted by atomic mass is 35.5. The van der Waals surface area contributed by atoms with Crippen molar-refractivity contribution < 1.29 is 14.7 Å². The van der Waals surface area contributed by atoms with Gasteiger partial charge >= 0.3 is 5.97 Å². The molecule has 4 nitrogen and oxygen atoms in total. The summed E-state index contributed by atoms with van der Waals surface area (Å²) in [7, 11) is 0. The monoisotopic (exact) mass is 223 g/mol. The van der Waals surface area contributed by atoms with Crippen LogP contribution in [0.4, 0.5) is 0 Å². The molecule has 0 bridgehead atoms. The highest BCUT2D eigenvalue weighted by molar-refractivity contribution is 6.39. The van der Waals surface area contributed by atoms with E-state index in [4.69, 9.17) is 16.7 Å². The van der Waals surface area contributed by atoms with E-state index in [-0.39, 0.29) is 5.69 Å². The predicted octanol–water partition coefficient (Wildman–Crippen LogP) is 2.09. The summed E-state index contributed by atoms with van der Waals surface area (Å²) >= 11 is 5.75. The van der Waals surface area contributed by atoms with Crippen molar-refractivity contribution in [2.45, 2.75) is 0 Å². The molecule has 5 heteroatoms. The lowest BCUT2D eigenvalue weighted by molar-refractivity contribution is -0.131. The molecule has 0 fully saturated rings. The van der Waals surface area contributed by atoms with E-state index in [0.29, 0.717) is 10.5 Å². The van der Waals surface area contributed by atoms with Gasteiger partial charge in [0.05, 0.1) is 5.69 Å². The second-order valence-electron chi connectivity index (χ2n) is 3.05. The molecule has 0 aliphatic rings. The lowest BCUT2D eigenvalue weighted by Crippen LogP contribution is -2.12. The number of halogens is 1. The Bertz CT molecular complexity index is 559. The van der Waals surface area contributed by atoms with Gasteiger partial charge in [-0.05, 0) is 18.2 Å². The Morgan fingerprint density at radius 1 is 1.27 bits per heavy atom. The average molecular weight is 224 g/mol. The van der Waals surface area contributed by atoms with Gasteiger partial charge in [0.2, 0.25) is 0 Å². The number of fused-ring (bicyclic) bond motifs is 1. The normalized spacial score (nSPS) is 10.5. The SMILES string of the molecule is O=C(O)C(=O)c1cc2ccc(Cl)cc2[nH]1. The number of ketones is 1. The van der Waals surface area contributed by atoms with Crippen LogP contribution in [0, 0.1) is 0 Å². The summed E-state index contributed by atoms with van der Waals surface area (Å²) in [4.78, 5) is 24.3. The molecule has 1 aromatic heterocycles. The number of benzene rings is 1. The van der Waals surface area contributed by atoms with Crippen molar-refractivity contribution in [3.8, 4) is 0 Å². The van der Waals surface area contributed by atoms with Gasteiger partial charge in [-0.2, -0.15) is 0 Å². The van der Waals surface area contributed by atoms with Crippen LogP contribution >= 0.6 is 11.6 Å². The van der Waals surface area contributed by atoms with E-state index < -0.39 is 11.8 Å². The number of hydrogen-bond donors (Lipinski definition) is 2. The van der Waals surface area contributed by atoms with Crippen molar-refractivity contribution in [1.82, 2.24) is 4.98 Å². The number of carboxylic acids is 1. The Hall–Kier alpha value is -1.81. The van der Waals surface area contributed by atoms with Gasteiger partial charge < -0.3 is 10.1 Å². The van der Waals surface area contributed by atoms with Crippen LogP contribution in [0.25, 0.3) is 10.9 Å². The minimum Gasteiger partial charge on any atom is -0.475 e. The van der Waals surface area contributed by atoms with Gasteiger partial charge in [-0.3, -0.25) is 4.79 Å². The maximum atomic E-state index is 11.1. The lowest BCUT2D eigenvalue weighted by Gasteiger charge is -1.89. The number of aromatic amines is 1. The highest BCUT2D eigenvalue weighted by Gasteiger charge is 2.16. The van der Waals surface area contributed by atoms with Crippen molar-refractivity contribution in [2.75, 3.05) is 0 Å². The molecule has 0 aliphatic heterocycles. The number of nitrogens with one attached hydrogen (secondary N) is 1. The summed E-state index contributed by atoms with van der Waals surface area (Å²) in [6, 6.07) is 6.51. The summed E-state index contributed by atoms with van der Waals surface area (Å²) in [5.74, 6) is -2.44. The van der Waals surface area contributed by atoms with Crippen LogP contribution in [0.3, 0.4) is 0 Å². The summed E-state index contributed by atoms with van der Waals surface area (Å²) in [5, 5.41) is 9.80. The third kappa shape index (κ3) is 1.71. The van der Waals surface area contributed by atoms with E-state index in [1.54, 1.807) is 18.2 Å². The molecule has 76 valence electrons. The van der Waals surface area contributed by atoms with Crippen LogP contribution in [0.5, 0.6) is 0 Å². The quantitative estimate of drug-likeness (QED) is 0.605. The van der Waals surface area contributed by atoms with Gasteiger partial charge in [-0.15, -0.1) is 0 Å². The van der Waals surface area contributed by atoms with Gasteiger partial charge in [0, 0.05) is 15.9 Å². The first-order chi connectivity index (χ1) is 7.08. The highest BCUT2D eigenvalue weighted by Crippen LogP contribution is 2.20. The van der Waals surface area contributed by atoms with Crippen molar-refractivity contribution in [3.63, 3.8) is 0 Å². The van der Waals surface area contributed by atoms with E-state index in [1.165, 1.54) is 6.07 Å². The van der Waals surface area contributed by atoms with Crippen molar-refractivity contribution in [1.29, 1.82) is 0 Å². The zero-order chi connectivity index (χ0) is 11.0. The number of aliphatic carboxylic acids is 1. The molecule has 0 unspecified atom stereocenters. The molecule has 2 N–H and O–H groups in total. The zero-order valence-corrected chi connectivity index (χ0v) is 8.21. The molecule has 0 saturated heterocycles. The third-order valence-electron chi connectivity index (χ3n) is 2.02. The molecule has 1 aromatic carbocycles. The predicted molar refractivity (Wildman–Crippen MR) is 55.3 cm³/mol. The van der Waals surface area contributed by atoms with Gasteiger partial charge in [-0.1, -0.05) is 17.7 Å². The Balaban J connectivity index is 2.56. The number of Topliss-reactive ketones (excluding diaryl/α,β-unsaturated/α-hetero) is 1. The van der Waals surface area contributed by atoms with Crippen LogP contribution in [0.15, 0.2) is 24.3 Å². The summed E-state index contributed by atoms with van der Waals surface area (Å²) < 4.78 is 0. The Labute approximate surface area is 89.5 Å². The van der Waals surface area contributed by atoms with E-state index >= 15 is 0 Å². The molecule has 0 atom stereocenters. The summed E-state index contributed by atoms with van der Waals surface area (Å²) in [5.41, 5.74) is 0.701. The third-order valence-corrected chi connectivity index (χ3v) is 2.26. The second-order valence-corrected chi connectivity index (χ2v) is 3.49. The van der Waals surface area contributed by atoms with Crippen LogP contribution in [0.1, 0.15) is 10.5 Å². The molecular weight excluding hydrogens is 218 g/mol. The molecule has 2 aromatic rings. The fourth-order valence-corrected chi connectivity index (χ4v) is 1.51. The standard InChI is InChI=1S/C10H6ClNO3/c11-6-2-1-5-3-8(9(13)10(14)15)12-7(5)4-6/h1-4,12H,(H,14,15). The van der Waals surface area contributed by atoms with E-state index in [0.717, 1.165) is 5.39 Å². The van der Waals surface area contributed by atoms with E-state index in [1.807, 2.05) is 0 Å². The largest absolute Gasteiger partial charge is 0.475 e. The lowest BCUT2D eigenvalue weighted by atomic mass is 10.2. The van der Waals surface area contributed by atoms with Gasteiger partial charge in [0.15, 0.2) is 0 Å². The first-order valence-electron chi connectivity index (χ1n) is 4.14. The van der Waals surface area contributed by atoms with E-state index in [2.05, 4.69) is 4.98 Å². The molecule has 0 saturated carbocycles. The molecular formula is C10H6ClNO3. The van der Waals surface area contributed by atoms with Crippen molar-refractivity contribution in [2.24, 2.45) is 0 Å². The van der Waals surface area contributed by atoms with Crippen molar-refractivity contribution >= 4 is 34.3 Å². The van der Waals surface area contributed by atoms with Gasteiger partial charge in [0.25, 0.3) is 5.78 Å². The van der Waals surface area contributed by atoms with Gasteiger partial charge in [0.1, 0.15) is 0 Å². The molecule has 0 spiro atoms. The number of carbonyl (C=O) groups excluding carboxylic acids is 1. The first kappa shape index (κ1) is 9.73. The topological polar surface area (TPSA) is 70.2 Å². The molecule has 0 radical (unpaired) electrons. The Morgan fingerprint density at radius 2 is 2.00 bits per heavy atom. The fourth-order valence-electron chi connectivity index (χ4n) is 1.34. The van der Waals surface area contributed by atoms with Gasteiger partial charge in [-0.25, -0.2) is 4.79 Å². The van der Waals surface area contributed by atoms with Crippen LogP contribution < -0.4 is 0 Å². The average Bonchev–Trinajstić information content (AvgIpc) is 2.58. The zero-order valence-electron chi connectivity index (χ0n) is 7.45. The molecule has 0 aliphatic carbocycles. The molecule has 2 rings (SSSR count). The minimum atomic E-state index is -1.48. The van der Waals surface area contributed by atoms with Crippen LogP contribution in [-0.2, 0) is 4.79 Å². The maximum absolute atomic E-state index is 11.1. The maximum Gasteiger partial charge on any atom is 0.378 e. The Morgan fingerprint density at radius 3 is 2.67 bits per heavy atom. The smallest absolute Gasteiger partial charge is 0.378 e. The minimum absolute atomic E-state index is 0.0553.